The summed E-state index contributed by atoms with van der Waals surface area (Å²) in [6.45, 7) is 2.24. The molecule has 1 aromatic rings. The highest BCUT2D eigenvalue weighted by molar-refractivity contribution is 6.30. The Labute approximate surface area is 108 Å². The lowest BCUT2D eigenvalue weighted by atomic mass is 10.1. The van der Waals surface area contributed by atoms with Gasteiger partial charge in [0, 0.05) is 17.6 Å². The fourth-order valence-corrected chi connectivity index (χ4v) is 2.73. The van der Waals surface area contributed by atoms with Crippen LogP contribution in [0.4, 0.5) is 0 Å². The molecule has 1 fully saturated rings. The summed E-state index contributed by atoms with van der Waals surface area (Å²) < 4.78 is 0. The summed E-state index contributed by atoms with van der Waals surface area (Å²) in [5.41, 5.74) is 1.23. The second-order valence-corrected chi connectivity index (χ2v) is 5.22. The zero-order valence-electron chi connectivity index (χ0n) is 10.1. The lowest BCUT2D eigenvalue weighted by Gasteiger charge is -2.28. The molecule has 1 aromatic carbocycles. The van der Waals surface area contributed by atoms with Gasteiger partial charge in [-0.3, -0.25) is 4.90 Å². The molecule has 0 amide bonds. The van der Waals surface area contributed by atoms with Crippen LogP contribution in [0.25, 0.3) is 0 Å². The van der Waals surface area contributed by atoms with Crippen LogP contribution in [-0.4, -0.2) is 29.2 Å². The highest BCUT2D eigenvalue weighted by Crippen LogP contribution is 2.20. The Morgan fingerprint density at radius 1 is 1.29 bits per heavy atom. The minimum Gasteiger partial charge on any atom is -0.395 e. The van der Waals surface area contributed by atoms with E-state index >= 15 is 0 Å². The van der Waals surface area contributed by atoms with Crippen LogP contribution in [0, 0.1) is 0 Å². The zero-order chi connectivity index (χ0) is 12.1. The van der Waals surface area contributed by atoms with Gasteiger partial charge in [0.15, 0.2) is 0 Å². The van der Waals surface area contributed by atoms with Gasteiger partial charge in [-0.15, -0.1) is 0 Å². The Hall–Kier alpha value is -0.570. The SMILES string of the molecule is OCC1CCCCCN1Cc1cccc(Cl)c1. The van der Waals surface area contributed by atoms with E-state index in [1.54, 1.807) is 0 Å². The molecule has 2 rings (SSSR count). The number of aliphatic hydroxyl groups is 1. The van der Waals surface area contributed by atoms with Gasteiger partial charge in [0.2, 0.25) is 0 Å². The first kappa shape index (κ1) is 12.9. The maximum atomic E-state index is 9.45. The van der Waals surface area contributed by atoms with Crippen molar-refractivity contribution < 1.29 is 5.11 Å². The van der Waals surface area contributed by atoms with Crippen LogP contribution in [0.15, 0.2) is 24.3 Å². The van der Waals surface area contributed by atoms with Gasteiger partial charge in [-0.25, -0.2) is 0 Å². The van der Waals surface area contributed by atoms with Crippen LogP contribution in [0.1, 0.15) is 31.2 Å². The van der Waals surface area contributed by atoms with E-state index in [1.165, 1.54) is 24.8 Å². The quantitative estimate of drug-likeness (QED) is 0.895. The standard InChI is InChI=1S/C14H20ClNO/c15-13-6-4-5-12(9-13)10-16-8-3-1-2-7-14(16)11-17/h4-6,9,14,17H,1-3,7-8,10-11H2. The molecule has 0 aromatic heterocycles. The van der Waals surface area contributed by atoms with E-state index in [2.05, 4.69) is 11.0 Å². The van der Waals surface area contributed by atoms with Crippen LogP contribution in [0.5, 0.6) is 0 Å². The van der Waals surface area contributed by atoms with Crippen LogP contribution < -0.4 is 0 Å². The van der Waals surface area contributed by atoms with Gasteiger partial charge in [0.05, 0.1) is 6.61 Å². The lowest BCUT2D eigenvalue weighted by Crippen LogP contribution is -2.36. The van der Waals surface area contributed by atoms with Crippen molar-refractivity contribution in [3.63, 3.8) is 0 Å². The molecule has 1 N–H and O–H groups in total. The molecule has 3 heteroatoms. The number of benzene rings is 1. The van der Waals surface area contributed by atoms with E-state index in [4.69, 9.17) is 11.6 Å². The van der Waals surface area contributed by atoms with E-state index in [9.17, 15) is 5.11 Å². The Balaban J connectivity index is 2.04. The smallest absolute Gasteiger partial charge is 0.0586 e. The number of halogens is 1. The van der Waals surface area contributed by atoms with E-state index in [0.717, 1.165) is 24.5 Å². The Bertz CT molecular complexity index is 356. The van der Waals surface area contributed by atoms with Gasteiger partial charge >= 0.3 is 0 Å². The molecule has 1 unspecified atom stereocenters. The molecule has 1 heterocycles. The topological polar surface area (TPSA) is 23.5 Å². The Morgan fingerprint density at radius 3 is 2.94 bits per heavy atom. The maximum Gasteiger partial charge on any atom is 0.0586 e. The van der Waals surface area contributed by atoms with Gasteiger partial charge in [0.25, 0.3) is 0 Å². The molecule has 2 nitrogen and oxygen atoms in total. The molecular weight excluding hydrogens is 234 g/mol. The molecule has 17 heavy (non-hydrogen) atoms. The normalized spacial score (nSPS) is 22.4. The molecule has 1 saturated heterocycles. The average Bonchev–Trinajstić information content (AvgIpc) is 2.54. The summed E-state index contributed by atoms with van der Waals surface area (Å²) in [5.74, 6) is 0. The van der Waals surface area contributed by atoms with Crippen molar-refractivity contribution in [1.29, 1.82) is 0 Å². The van der Waals surface area contributed by atoms with Crippen molar-refractivity contribution >= 4 is 11.6 Å². The Morgan fingerprint density at radius 2 is 2.18 bits per heavy atom. The third-order valence-corrected chi connectivity index (χ3v) is 3.72. The summed E-state index contributed by atoms with van der Waals surface area (Å²) in [6, 6.07) is 8.32. The minimum absolute atomic E-state index is 0.264. The van der Waals surface area contributed by atoms with Crippen LogP contribution in [0.3, 0.4) is 0 Å². The van der Waals surface area contributed by atoms with E-state index in [-0.39, 0.29) is 6.61 Å². The number of likely N-dealkylation sites (tertiary alicyclic amines) is 1. The lowest BCUT2D eigenvalue weighted by molar-refractivity contribution is 0.118. The number of rotatable bonds is 3. The fourth-order valence-electron chi connectivity index (χ4n) is 2.52. The third kappa shape index (κ3) is 3.70. The first-order chi connectivity index (χ1) is 8.29. The molecule has 1 aliphatic heterocycles. The monoisotopic (exact) mass is 253 g/mol. The number of hydrogen-bond acceptors (Lipinski definition) is 2. The molecule has 0 spiro atoms. The van der Waals surface area contributed by atoms with E-state index in [1.807, 2.05) is 18.2 Å². The molecule has 0 radical (unpaired) electrons. The van der Waals surface area contributed by atoms with Crippen molar-refractivity contribution in [3.05, 3.63) is 34.9 Å². The number of aliphatic hydroxyl groups excluding tert-OH is 1. The molecule has 0 saturated carbocycles. The van der Waals surface area contributed by atoms with Crippen molar-refractivity contribution in [2.75, 3.05) is 13.2 Å². The van der Waals surface area contributed by atoms with Gasteiger partial charge in [-0.2, -0.15) is 0 Å². The highest BCUT2D eigenvalue weighted by Gasteiger charge is 2.20. The van der Waals surface area contributed by atoms with Gasteiger partial charge < -0.3 is 5.11 Å². The van der Waals surface area contributed by atoms with Gasteiger partial charge in [-0.05, 0) is 37.1 Å². The van der Waals surface area contributed by atoms with Crippen LogP contribution in [-0.2, 0) is 6.54 Å². The summed E-state index contributed by atoms with van der Waals surface area (Å²) in [7, 11) is 0. The van der Waals surface area contributed by atoms with Crippen molar-refractivity contribution in [2.45, 2.75) is 38.3 Å². The van der Waals surface area contributed by atoms with Crippen LogP contribution >= 0.6 is 11.6 Å². The largest absolute Gasteiger partial charge is 0.395 e. The van der Waals surface area contributed by atoms with Crippen molar-refractivity contribution in [1.82, 2.24) is 4.90 Å². The summed E-state index contributed by atoms with van der Waals surface area (Å²) >= 11 is 6.00. The van der Waals surface area contributed by atoms with Gasteiger partial charge in [0.1, 0.15) is 0 Å². The Kier molecular flexibility index (Phi) is 4.84. The summed E-state index contributed by atoms with van der Waals surface area (Å²) in [4.78, 5) is 2.39. The molecule has 1 atom stereocenters. The first-order valence-corrected chi connectivity index (χ1v) is 6.77. The van der Waals surface area contributed by atoms with Crippen molar-refractivity contribution in [3.8, 4) is 0 Å². The highest BCUT2D eigenvalue weighted by atomic mass is 35.5. The minimum atomic E-state index is 0.264. The second-order valence-electron chi connectivity index (χ2n) is 4.79. The van der Waals surface area contributed by atoms with Crippen LogP contribution in [0.2, 0.25) is 5.02 Å². The van der Waals surface area contributed by atoms with Gasteiger partial charge in [-0.1, -0.05) is 36.6 Å². The number of hydrogen-bond donors (Lipinski definition) is 1. The molecule has 0 bridgehead atoms. The maximum absolute atomic E-state index is 9.45. The van der Waals surface area contributed by atoms with E-state index < -0.39 is 0 Å². The summed E-state index contributed by atoms with van der Waals surface area (Å²) in [5, 5.41) is 10.2. The predicted octanol–water partition coefficient (Wildman–Crippen LogP) is 3.08. The number of nitrogens with zero attached hydrogens (tertiary/aromatic N) is 1. The zero-order valence-corrected chi connectivity index (χ0v) is 10.9. The fraction of sp³-hybridized carbons (Fsp3) is 0.571. The second kappa shape index (κ2) is 6.39. The first-order valence-electron chi connectivity index (χ1n) is 6.39. The molecule has 1 aliphatic rings. The van der Waals surface area contributed by atoms with E-state index in [0.29, 0.717) is 6.04 Å². The summed E-state index contributed by atoms with van der Waals surface area (Å²) in [6.07, 6.45) is 4.86. The predicted molar refractivity (Wildman–Crippen MR) is 71.2 cm³/mol. The third-order valence-electron chi connectivity index (χ3n) is 3.48. The van der Waals surface area contributed by atoms with Crippen molar-refractivity contribution in [2.24, 2.45) is 0 Å². The average molecular weight is 254 g/mol. The molecular formula is C14H20ClNO. The molecule has 0 aliphatic carbocycles. The molecule has 94 valence electrons.